The molecule has 0 N–H and O–H groups in total. The van der Waals surface area contributed by atoms with Gasteiger partial charge < -0.3 is 4.74 Å². The zero-order valence-corrected chi connectivity index (χ0v) is 13.9. The van der Waals surface area contributed by atoms with E-state index < -0.39 is 5.60 Å². The molecule has 112 valence electrons. The number of hydrogen-bond donors (Lipinski definition) is 0. The molecule has 0 radical (unpaired) electrons. The molecule has 0 amide bonds. The lowest BCUT2D eigenvalue weighted by Gasteiger charge is -2.19. The van der Waals surface area contributed by atoms with E-state index in [1.54, 1.807) is 0 Å². The Morgan fingerprint density at radius 2 is 2.05 bits per heavy atom. The quantitative estimate of drug-likeness (QED) is 0.615. The normalized spacial score (nSPS) is 11.6. The summed E-state index contributed by atoms with van der Waals surface area (Å²) in [5.41, 5.74) is 1.37. The molecule has 3 nitrogen and oxygen atoms in total. The number of carbonyl (C=O) groups excluding carboxylic acids is 1. The first-order valence-corrected chi connectivity index (χ1v) is 8.22. The summed E-state index contributed by atoms with van der Waals surface area (Å²) < 4.78 is 5.27. The Hall–Kier alpha value is -1.26. The van der Waals surface area contributed by atoms with Crippen molar-refractivity contribution in [1.29, 1.82) is 0 Å². The molecule has 2 rings (SSSR count). The lowest BCUT2D eigenvalue weighted by atomic mass is 10.2. The van der Waals surface area contributed by atoms with Crippen molar-refractivity contribution in [3.05, 3.63) is 41.0 Å². The third-order valence-corrected chi connectivity index (χ3v) is 3.93. The Labute approximate surface area is 134 Å². The maximum absolute atomic E-state index is 11.7. The standard InChI is InChI=1S/C16H18ClNO2S/c1-16(2,3)20-14(19)10-21-9-12-8-11-6-4-5-7-13(11)18-15(12)17/h4-8H,9-10H2,1-3H3. The van der Waals surface area contributed by atoms with Crippen molar-refractivity contribution in [2.45, 2.75) is 32.1 Å². The topological polar surface area (TPSA) is 39.2 Å². The third kappa shape index (κ3) is 4.90. The second kappa shape index (κ2) is 6.67. The van der Waals surface area contributed by atoms with Crippen molar-refractivity contribution in [3.8, 4) is 0 Å². The molecule has 0 aliphatic carbocycles. The summed E-state index contributed by atoms with van der Waals surface area (Å²) in [4.78, 5) is 16.0. The van der Waals surface area contributed by atoms with Crippen LogP contribution in [-0.4, -0.2) is 22.3 Å². The lowest BCUT2D eigenvalue weighted by Crippen LogP contribution is -2.24. The molecule has 0 bridgehead atoms. The monoisotopic (exact) mass is 323 g/mol. The van der Waals surface area contributed by atoms with E-state index in [9.17, 15) is 4.79 Å². The van der Waals surface area contributed by atoms with Crippen LogP contribution in [0.2, 0.25) is 5.15 Å². The smallest absolute Gasteiger partial charge is 0.316 e. The molecule has 0 atom stereocenters. The molecule has 5 heteroatoms. The van der Waals surface area contributed by atoms with E-state index in [1.807, 2.05) is 51.1 Å². The number of halogens is 1. The number of ether oxygens (including phenoxy) is 1. The molecular formula is C16H18ClNO2S. The Morgan fingerprint density at radius 3 is 2.76 bits per heavy atom. The van der Waals surface area contributed by atoms with Crippen LogP contribution in [-0.2, 0) is 15.3 Å². The van der Waals surface area contributed by atoms with E-state index >= 15 is 0 Å². The van der Waals surface area contributed by atoms with E-state index in [4.69, 9.17) is 16.3 Å². The van der Waals surface area contributed by atoms with Gasteiger partial charge >= 0.3 is 5.97 Å². The van der Waals surface area contributed by atoms with Crippen LogP contribution in [0.1, 0.15) is 26.3 Å². The Morgan fingerprint density at radius 1 is 1.33 bits per heavy atom. The highest BCUT2D eigenvalue weighted by molar-refractivity contribution is 7.99. The number of pyridine rings is 1. The molecule has 1 heterocycles. The Balaban J connectivity index is 1.97. The number of hydrogen-bond acceptors (Lipinski definition) is 4. The van der Waals surface area contributed by atoms with Crippen molar-refractivity contribution in [3.63, 3.8) is 0 Å². The number of aromatic nitrogens is 1. The van der Waals surface area contributed by atoms with Gasteiger partial charge in [0.15, 0.2) is 0 Å². The molecular weight excluding hydrogens is 306 g/mol. The van der Waals surface area contributed by atoms with E-state index in [2.05, 4.69) is 4.98 Å². The number of fused-ring (bicyclic) bond motifs is 1. The summed E-state index contributed by atoms with van der Waals surface area (Å²) in [6.45, 7) is 5.58. The highest BCUT2D eigenvalue weighted by Gasteiger charge is 2.16. The molecule has 2 aromatic rings. The molecule has 0 unspecified atom stereocenters. The lowest BCUT2D eigenvalue weighted by molar-refractivity contribution is -0.151. The molecule has 21 heavy (non-hydrogen) atoms. The van der Waals surface area contributed by atoms with Gasteiger partial charge in [-0.1, -0.05) is 29.8 Å². The summed E-state index contributed by atoms with van der Waals surface area (Å²) in [5, 5.41) is 1.54. The van der Waals surface area contributed by atoms with Crippen molar-refractivity contribution in [1.82, 2.24) is 4.98 Å². The van der Waals surface area contributed by atoms with Crippen LogP contribution in [0.3, 0.4) is 0 Å². The van der Waals surface area contributed by atoms with Crippen molar-refractivity contribution in [2.24, 2.45) is 0 Å². The minimum Gasteiger partial charge on any atom is -0.459 e. The predicted molar refractivity (Wildman–Crippen MR) is 88.8 cm³/mol. The number of rotatable bonds is 4. The molecule has 0 fully saturated rings. The number of carbonyl (C=O) groups is 1. The van der Waals surface area contributed by atoms with Crippen LogP contribution < -0.4 is 0 Å². The summed E-state index contributed by atoms with van der Waals surface area (Å²) >= 11 is 7.66. The minimum absolute atomic E-state index is 0.211. The largest absolute Gasteiger partial charge is 0.459 e. The summed E-state index contributed by atoms with van der Waals surface area (Å²) in [5.74, 6) is 0.730. The highest BCUT2D eigenvalue weighted by Crippen LogP contribution is 2.24. The summed E-state index contributed by atoms with van der Waals surface area (Å²) in [6.07, 6.45) is 0. The van der Waals surface area contributed by atoms with Gasteiger partial charge in [-0.05, 0) is 32.9 Å². The van der Waals surface area contributed by atoms with E-state index in [0.29, 0.717) is 16.7 Å². The summed E-state index contributed by atoms with van der Waals surface area (Å²) in [6, 6.07) is 9.85. The fourth-order valence-electron chi connectivity index (χ4n) is 1.85. The second-order valence-corrected chi connectivity index (χ2v) is 7.05. The van der Waals surface area contributed by atoms with Gasteiger partial charge in [-0.25, -0.2) is 4.98 Å². The van der Waals surface area contributed by atoms with Gasteiger partial charge in [0.2, 0.25) is 0 Å². The SMILES string of the molecule is CC(C)(C)OC(=O)CSCc1cc2ccccc2nc1Cl. The van der Waals surface area contributed by atoms with Gasteiger partial charge in [0, 0.05) is 16.7 Å². The molecule has 1 aromatic carbocycles. The highest BCUT2D eigenvalue weighted by atomic mass is 35.5. The average Bonchev–Trinajstić information content (AvgIpc) is 2.37. The van der Waals surface area contributed by atoms with Crippen molar-refractivity contribution < 1.29 is 9.53 Å². The van der Waals surface area contributed by atoms with Gasteiger partial charge in [0.05, 0.1) is 11.3 Å². The van der Waals surface area contributed by atoms with Crippen molar-refractivity contribution in [2.75, 3.05) is 5.75 Å². The number of esters is 1. The fraction of sp³-hybridized carbons (Fsp3) is 0.375. The number of nitrogens with zero attached hydrogens (tertiary/aromatic N) is 1. The van der Waals surface area contributed by atoms with Crippen LogP contribution in [0.25, 0.3) is 10.9 Å². The molecule has 0 spiro atoms. The van der Waals surface area contributed by atoms with E-state index in [-0.39, 0.29) is 5.97 Å². The van der Waals surface area contributed by atoms with Crippen molar-refractivity contribution >= 4 is 40.2 Å². The zero-order chi connectivity index (χ0) is 15.5. The summed E-state index contributed by atoms with van der Waals surface area (Å²) in [7, 11) is 0. The first-order chi connectivity index (χ1) is 9.85. The first-order valence-electron chi connectivity index (χ1n) is 6.69. The number of thioether (sulfide) groups is 1. The van der Waals surface area contributed by atoms with Gasteiger partial charge in [0.1, 0.15) is 10.8 Å². The fourth-order valence-corrected chi connectivity index (χ4v) is 2.91. The van der Waals surface area contributed by atoms with Crippen LogP contribution in [0, 0.1) is 0 Å². The van der Waals surface area contributed by atoms with Crippen LogP contribution in [0.5, 0.6) is 0 Å². The van der Waals surface area contributed by atoms with Crippen LogP contribution in [0.4, 0.5) is 0 Å². The maximum Gasteiger partial charge on any atom is 0.316 e. The van der Waals surface area contributed by atoms with Gasteiger partial charge in [-0.15, -0.1) is 11.8 Å². The van der Waals surface area contributed by atoms with E-state index in [0.717, 1.165) is 16.5 Å². The molecule has 0 saturated carbocycles. The predicted octanol–water partition coefficient (Wildman–Crippen LogP) is 4.46. The van der Waals surface area contributed by atoms with Gasteiger partial charge in [-0.2, -0.15) is 0 Å². The Kier molecular flexibility index (Phi) is 5.12. The third-order valence-electron chi connectivity index (χ3n) is 2.65. The molecule has 1 aromatic heterocycles. The van der Waals surface area contributed by atoms with E-state index in [1.165, 1.54) is 11.8 Å². The van der Waals surface area contributed by atoms with Gasteiger partial charge in [-0.3, -0.25) is 4.79 Å². The molecule has 0 aliphatic rings. The maximum atomic E-state index is 11.7. The molecule has 0 saturated heterocycles. The number of para-hydroxylation sites is 1. The Bertz CT molecular complexity index is 652. The van der Waals surface area contributed by atoms with Gasteiger partial charge in [0.25, 0.3) is 0 Å². The average molecular weight is 324 g/mol. The molecule has 0 aliphatic heterocycles. The zero-order valence-electron chi connectivity index (χ0n) is 12.4. The number of benzene rings is 1. The first kappa shape index (κ1) is 16.1. The second-order valence-electron chi connectivity index (χ2n) is 5.71. The van der Waals surface area contributed by atoms with Crippen LogP contribution >= 0.6 is 23.4 Å². The van der Waals surface area contributed by atoms with Crippen LogP contribution in [0.15, 0.2) is 30.3 Å². The minimum atomic E-state index is -0.445.